The molecule has 1 aliphatic rings. The second-order valence-corrected chi connectivity index (χ2v) is 9.11. The minimum absolute atomic E-state index is 0.286. The lowest BCUT2D eigenvalue weighted by Gasteiger charge is -2.41. The van der Waals surface area contributed by atoms with Gasteiger partial charge in [-0.2, -0.15) is 0 Å². The van der Waals surface area contributed by atoms with Crippen molar-refractivity contribution in [2.75, 3.05) is 7.11 Å². The van der Waals surface area contributed by atoms with Gasteiger partial charge in [0.25, 0.3) is 0 Å². The zero-order chi connectivity index (χ0) is 20.5. The van der Waals surface area contributed by atoms with Crippen LogP contribution in [-0.2, 0) is 10.0 Å². The van der Waals surface area contributed by atoms with Crippen LogP contribution < -0.4 is 14.2 Å². The van der Waals surface area contributed by atoms with Gasteiger partial charge in [0.2, 0.25) is 10.0 Å². The van der Waals surface area contributed by atoms with Crippen molar-refractivity contribution in [1.29, 1.82) is 0 Å². The minimum Gasteiger partial charge on any atom is -0.496 e. The van der Waals surface area contributed by atoms with Gasteiger partial charge in [0.15, 0.2) is 0 Å². The molecule has 0 saturated carbocycles. The lowest BCUT2D eigenvalue weighted by atomic mass is 9.84. The van der Waals surface area contributed by atoms with Gasteiger partial charge in [0, 0.05) is 12.0 Å². The summed E-state index contributed by atoms with van der Waals surface area (Å²) in [6.07, 6.45) is 2.23. The highest BCUT2D eigenvalue weighted by atomic mass is 32.2. The number of fused-ring (bicyclic) bond motifs is 1. The van der Waals surface area contributed by atoms with Crippen LogP contribution in [0.3, 0.4) is 0 Å². The van der Waals surface area contributed by atoms with Gasteiger partial charge in [0.1, 0.15) is 17.1 Å². The molecule has 28 heavy (non-hydrogen) atoms. The predicted molar refractivity (Wildman–Crippen MR) is 111 cm³/mol. The summed E-state index contributed by atoms with van der Waals surface area (Å²) in [5, 5.41) is 0. The lowest BCUT2D eigenvalue weighted by Crippen LogP contribution is -2.44. The number of methoxy groups -OCH3 is 1. The van der Waals surface area contributed by atoms with Crippen molar-refractivity contribution in [3.05, 3.63) is 53.1 Å². The molecule has 0 aliphatic carbocycles. The number of sulfonamides is 1. The Labute approximate surface area is 168 Å². The molecule has 0 radical (unpaired) electrons. The number of para-hydroxylation sites is 1. The summed E-state index contributed by atoms with van der Waals surface area (Å²) < 4.78 is 41.1. The molecule has 6 heteroatoms. The number of nitrogens with one attached hydrogen (secondary N) is 1. The van der Waals surface area contributed by atoms with Crippen molar-refractivity contribution in [2.45, 2.75) is 63.5 Å². The van der Waals surface area contributed by atoms with Gasteiger partial charge in [-0.15, -0.1) is 0 Å². The molecule has 1 N–H and O–H groups in total. The average Bonchev–Trinajstić information content (AvgIpc) is 2.69. The molecule has 5 nitrogen and oxygen atoms in total. The molecule has 2 aromatic rings. The van der Waals surface area contributed by atoms with Crippen molar-refractivity contribution in [3.63, 3.8) is 0 Å². The topological polar surface area (TPSA) is 64.6 Å². The highest BCUT2D eigenvalue weighted by Crippen LogP contribution is 2.43. The smallest absolute Gasteiger partial charge is 0.241 e. The van der Waals surface area contributed by atoms with Crippen LogP contribution >= 0.6 is 0 Å². The molecule has 0 fully saturated rings. The lowest BCUT2D eigenvalue weighted by molar-refractivity contribution is 0.0260. The van der Waals surface area contributed by atoms with E-state index in [1.165, 1.54) is 0 Å². The maximum absolute atomic E-state index is 13.3. The zero-order valence-corrected chi connectivity index (χ0v) is 18.0. The molecule has 1 atom stereocenters. The average molecular weight is 404 g/mol. The van der Waals surface area contributed by atoms with Gasteiger partial charge < -0.3 is 9.47 Å². The number of hydrogen-bond donors (Lipinski definition) is 1. The SMILES string of the molecule is CCC1(CC)C[C@@H](NS(=O)(=O)c2ccc(OC)c(C)c2C)c2ccccc2O1. The van der Waals surface area contributed by atoms with Gasteiger partial charge in [-0.3, -0.25) is 0 Å². The second-order valence-electron chi connectivity index (χ2n) is 7.42. The summed E-state index contributed by atoms with van der Waals surface area (Å²) in [5.74, 6) is 1.44. The van der Waals surface area contributed by atoms with Crippen LogP contribution in [0, 0.1) is 13.8 Å². The van der Waals surface area contributed by atoms with Crippen LogP contribution in [0.2, 0.25) is 0 Å². The van der Waals surface area contributed by atoms with E-state index in [9.17, 15) is 8.42 Å². The molecule has 152 valence electrons. The first-order valence-electron chi connectivity index (χ1n) is 9.71. The van der Waals surface area contributed by atoms with Crippen molar-refractivity contribution in [3.8, 4) is 11.5 Å². The van der Waals surface area contributed by atoms with E-state index in [-0.39, 0.29) is 16.5 Å². The zero-order valence-electron chi connectivity index (χ0n) is 17.2. The Bertz CT molecular complexity index is 964. The van der Waals surface area contributed by atoms with Gasteiger partial charge in [0.05, 0.1) is 18.0 Å². The molecule has 0 spiro atoms. The van der Waals surface area contributed by atoms with E-state index >= 15 is 0 Å². The Balaban J connectivity index is 2.01. The van der Waals surface area contributed by atoms with Crippen molar-refractivity contribution in [1.82, 2.24) is 4.72 Å². The Morgan fingerprint density at radius 2 is 1.79 bits per heavy atom. The first-order valence-corrected chi connectivity index (χ1v) is 11.2. The highest BCUT2D eigenvalue weighted by molar-refractivity contribution is 7.89. The van der Waals surface area contributed by atoms with E-state index in [1.807, 2.05) is 38.1 Å². The molecule has 0 unspecified atom stereocenters. The van der Waals surface area contributed by atoms with Crippen LogP contribution in [0.1, 0.15) is 55.8 Å². The molecular weight excluding hydrogens is 374 g/mol. The van der Waals surface area contributed by atoms with Gasteiger partial charge in [-0.25, -0.2) is 13.1 Å². The summed E-state index contributed by atoms with van der Waals surface area (Å²) in [6.45, 7) is 7.85. The normalized spacial score (nSPS) is 18.2. The maximum atomic E-state index is 13.3. The van der Waals surface area contributed by atoms with Crippen molar-refractivity contribution >= 4 is 10.0 Å². The molecule has 1 aliphatic heterocycles. The summed E-state index contributed by atoms with van der Waals surface area (Å²) >= 11 is 0. The van der Waals surface area contributed by atoms with Crippen LogP contribution in [0.25, 0.3) is 0 Å². The summed E-state index contributed by atoms with van der Waals surface area (Å²) in [5.41, 5.74) is 2.04. The number of rotatable bonds is 6. The fourth-order valence-electron chi connectivity index (χ4n) is 3.94. The monoisotopic (exact) mass is 403 g/mol. The van der Waals surface area contributed by atoms with Crippen LogP contribution in [-0.4, -0.2) is 21.1 Å². The van der Waals surface area contributed by atoms with Crippen LogP contribution in [0.15, 0.2) is 41.3 Å². The summed E-state index contributed by atoms with van der Waals surface area (Å²) in [7, 11) is -2.12. The Morgan fingerprint density at radius 1 is 1.11 bits per heavy atom. The van der Waals surface area contributed by atoms with Crippen LogP contribution in [0.5, 0.6) is 11.5 Å². The van der Waals surface area contributed by atoms with Crippen molar-refractivity contribution in [2.24, 2.45) is 0 Å². The van der Waals surface area contributed by atoms with E-state index in [1.54, 1.807) is 19.2 Å². The largest absolute Gasteiger partial charge is 0.496 e. The predicted octanol–water partition coefficient (Wildman–Crippen LogP) is 4.67. The first-order chi connectivity index (χ1) is 13.3. The van der Waals surface area contributed by atoms with Gasteiger partial charge >= 0.3 is 0 Å². The van der Waals surface area contributed by atoms with Gasteiger partial charge in [-0.05, 0) is 56.0 Å². The number of hydrogen-bond acceptors (Lipinski definition) is 4. The molecular formula is C22H29NO4S. The maximum Gasteiger partial charge on any atom is 0.241 e. The second kappa shape index (κ2) is 7.76. The third-order valence-electron chi connectivity index (χ3n) is 5.98. The molecule has 0 saturated heterocycles. The molecule has 1 heterocycles. The standard InChI is InChI=1S/C22H29NO4S/c1-6-22(7-2)14-18(17-10-8-9-11-20(17)27-22)23-28(24,25)21-13-12-19(26-5)15(3)16(21)4/h8-13,18,23H,6-7,14H2,1-5H3/t18-/m1/s1. The Kier molecular flexibility index (Phi) is 5.73. The fourth-order valence-corrected chi connectivity index (χ4v) is 5.46. The third-order valence-corrected chi connectivity index (χ3v) is 7.60. The van der Waals surface area contributed by atoms with E-state index in [0.29, 0.717) is 17.7 Å². The molecule has 0 aromatic heterocycles. The third kappa shape index (κ3) is 3.63. The van der Waals surface area contributed by atoms with Crippen molar-refractivity contribution < 1.29 is 17.9 Å². The number of benzene rings is 2. The highest BCUT2D eigenvalue weighted by Gasteiger charge is 2.40. The first kappa shape index (κ1) is 20.7. The Hall–Kier alpha value is -2.05. The number of ether oxygens (including phenoxy) is 2. The Morgan fingerprint density at radius 3 is 2.43 bits per heavy atom. The van der Waals surface area contributed by atoms with E-state index in [2.05, 4.69) is 18.6 Å². The molecule has 0 amide bonds. The minimum atomic E-state index is -3.71. The quantitative estimate of drug-likeness (QED) is 0.761. The van der Waals surface area contributed by atoms with Crippen LogP contribution in [0.4, 0.5) is 0 Å². The molecule has 0 bridgehead atoms. The molecule has 3 rings (SSSR count). The summed E-state index contributed by atoms with van der Waals surface area (Å²) in [6, 6.07) is 10.7. The molecule has 2 aromatic carbocycles. The van der Waals surface area contributed by atoms with Gasteiger partial charge in [-0.1, -0.05) is 32.0 Å². The fraction of sp³-hybridized carbons (Fsp3) is 0.455. The van der Waals surface area contributed by atoms with E-state index < -0.39 is 10.0 Å². The summed E-state index contributed by atoms with van der Waals surface area (Å²) in [4.78, 5) is 0.286. The van der Waals surface area contributed by atoms with E-state index in [0.717, 1.165) is 29.7 Å². The van der Waals surface area contributed by atoms with E-state index in [4.69, 9.17) is 9.47 Å².